The Hall–Kier alpha value is -2.10. The minimum absolute atomic E-state index is 0.0549. The number of hydrogen-bond acceptors (Lipinski definition) is 3. The number of nitrogens with zero attached hydrogens (tertiary/aromatic N) is 1. The minimum Gasteiger partial charge on any atom is -0.398 e. The van der Waals surface area contributed by atoms with Crippen molar-refractivity contribution in [3.05, 3.63) is 36.0 Å². The summed E-state index contributed by atoms with van der Waals surface area (Å²) in [5.41, 5.74) is 13.0. The molecule has 0 bridgehead atoms. The third kappa shape index (κ3) is 1.17. The van der Waals surface area contributed by atoms with Crippen molar-refractivity contribution in [1.82, 2.24) is 4.98 Å². The van der Waals surface area contributed by atoms with Gasteiger partial charge >= 0.3 is 0 Å². The highest BCUT2D eigenvalue weighted by Gasteiger charge is 2.06. The third-order valence-corrected chi connectivity index (χ3v) is 2.11. The lowest BCUT2D eigenvalue weighted by molar-refractivity contribution is 1.36. The summed E-state index contributed by atoms with van der Waals surface area (Å²) in [7, 11) is 0. The summed E-state index contributed by atoms with van der Waals surface area (Å²) in [6.07, 6.45) is 1.53. The molecule has 4 nitrogen and oxygen atoms in total. The Balaban J connectivity index is 2.81. The van der Waals surface area contributed by atoms with Crippen LogP contribution in [0.4, 0.5) is 5.69 Å². The second-order valence-electron chi connectivity index (χ2n) is 3.02. The van der Waals surface area contributed by atoms with Crippen molar-refractivity contribution in [3.63, 3.8) is 0 Å². The molecule has 2 aromatic rings. The fourth-order valence-corrected chi connectivity index (χ4v) is 1.38. The van der Waals surface area contributed by atoms with Crippen LogP contribution in [0.5, 0.6) is 0 Å². The molecule has 0 radical (unpaired) electrons. The number of benzene rings is 1. The SMILES string of the molecule is N=C(N)c1cnc2ccccc2c1N. The number of para-hydroxylation sites is 1. The van der Waals surface area contributed by atoms with Gasteiger partial charge in [-0.05, 0) is 6.07 Å². The van der Waals surface area contributed by atoms with Gasteiger partial charge in [0.05, 0.1) is 16.8 Å². The molecule has 4 heteroatoms. The van der Waals surface area contributed by atoms with E-state index in [0.717, 1.165) is 10.9 Å². The molecule has 14 heavy (non-hydrogen) atoms. The van der Waals surface area contributed by atoms with Crippen LogP contribution >= 0.6 is 0 Å². The van der Waals surface area contributed by atoms with E-state index in [2.05, 4.69) is 4.98 Å². The average Bonchev–Trinajstić information content (AvgIpc) is 2.18. The Kier molecular flexibility index (Phi) is 1.81. The molecule has 2 rings (SSSR count). The minimum atomic E-state index is -0.0549. The number of nitrogens with one attached hydrogen (secondary N) is 1. The Bertz CT molecular complexity index is 504. The van der Waals surface area contributed by atoms with E-state index in [4.69, 9.17) is 16.9 Å². The summed E-state index contributed by atoms with van der Waals surface area (Å²) in [4.78, 5) is 4.16. The van der Waals surface area contributed by atoms with Crippen LogP contribution in [-0.2, 0) is 0 Å². The zero-order valence-electron chi connectivity index (χ0n) is 7.49. The summed E-state index contributed by atoms with van der Waals surface area (Å²) in [6, 6.07) is 7.51. The number of rotatable bonds is 1. The monoisotopic (exact) mass is 186 g/mol. The number of nitrogen functional groups attached to an aromatic ring is 2. The molecule has 0 unspecified atom stereocenters. The van der Waals surface area contributed by atoms with Crippen LogP contribution < -0.4 is 11.5 Å². The van der Waals surface area contributed by atoms with Gasteiger partial charge in [0.25, 0.3) is 0 Å². The third-order valence-electron chi connectivity index (χ3n) is 2.11. The second kappa shape index (κ2) is 2.99. The highest BCUT2D eigenvalue weighted by atomic mass is 14.8. The molecule has 0 saturated carbocycles. The highest BCUT2D eigenvalue weighted by molar-refractivity contribution is 6.06. The molecule has 0 spiro atoms. The number of anilines is 1. The van der Waals surface area contributed by atoms with Crippen LogP contribution in [-0.4, -0.2) is 10.8 Å². The van der Waals surface area contributed by atoms with E-state index < -0.39 is 0 Å². The molecular weight excluding hydrogens is 176 g/mol. The van der Waals surface area contributed by atoms with Crippen molar-refractivity contribution in [2.75, 3.05) is 5.73 Å². The number of fused-ring (bicyclic) bond motifs is 1. The molecule has 0 saturated heterocycles. The zero-order valence-corrected chi connectivity index (χ0v) is 7.49. The van der Waals surface area contributed by atoms with Crippen LogP contribution in [0.25, 0.3) is 10.9 Å². The van der Waals surface area contributed by atoms with Crippen LogP contribution in [0, 0.1) is 5.41 Å². The summed E-state index contributed by atoms with van der Waals surface area (Å²) in [6.45, 7) is 0. The lowest BCUT2D eigenvalue weighted by Crippen LogP contribution is -2.14. The van der Waals surface area contributed by atoms with Crippen molar-refractivity contribution < 1.29 is 0 Å². The van der Waals surface area contributed by atoms with Gasteiger partial charge in [-0.3, -0.25) is 10.4 Å². The summed E-state index contributed by atoms with van der Waals surface area (Å²) < 4.78 is 0. The maximum Gasteiger partial charge on any atom is 0.126 e. The van der Waals surface area contributed by atoms with E-state index >= 15 is 0 Å². The predicted octanol–water partition coefficient (Wildman–Crippen LogP) is 1.10. The number of pyridine rings is 1. The number of nitrogens with two attached hydrogens (primary N) is 2. The van der Waals surface area contributed by atoms with Gasteiger partial charge in [0.2, 0.25) is 0 Å². The van der Waals surface area contributed by atoms with E-state index in [0.29, 0.717) is 11.3 Å². The first-order valence-corrected chi connectivity index (χ1v) is 4.18. The largest absolute Gasteiger partial charge is 0.398 e. The molecule has 70 valence electrons. The highest BCUT2D eigenvalue weighted by Crippen LogP contribution is 2.21. The molecule has 0 amide bonds. The maximum absolute atomic E-state index is 7.31. The van der Waals surface area contributed by atoms with Crippen LogP contribution in [0.2, 0.25) is 0 Å². The van der Waals surface area contributed by atoms with E-state index in [1.807, 2.05) is 24.3 Å². The van der Waals surface area contributed by atoms with Gasteiger partial charge in [0.15, 0.2) is 0 Å². The van der Waals surface area contributed by atoms with E-state index in [9.17, 15) is 0 Å². The second-order valence-corrected chi connectivity index (χ2v) is 3.02. The zero-order chi connectivity index (χ0) is 10.1. The first-order chi connectivity index (χ1) is 6.70. The molecule has 0 fully saturated rings. The number of aromatic nitrogens is 1. The molecule has 1 aromatic carbocycles. The van der Waals surface area contributed by atoms with Crippen LogP contribution in [0.15, 0.2) is 30.5 Å². The van der Waals surface area contributed by atoms with Gasteiger partial charge in [-0.25, -0.2) is 0 Å². The molecule has 0 aliphatic heterocycles. The van der Waals surface area contributed by atoms with Crippen LogP contribution in [0.1, 0.15) is 5.56 Å². The molecule has 5 N–H and O–H groups in total. The maximum atomic E-state index is 7.31. The standard InChI is InChI=1S/C10H10N4/c11-9-6-3-1-2-4-8(6)14-5-7(9)10(12)13/h1-5H,(H2,11,14)(H3,12,13). The van der Waals surface area contributed by atoms with Crippen LogP contribution in [0.3, 0.4) is 0 Å². The topological polar surface area (TPSA) is 88.8 Å². The Morgan fingerprint density at radius 1 is 1.29 bits per heavy atom. The van der Waals surface area contributed by atoms with Gasteiger partial charge in [-0.1, -0.05) is 18.2 Å². The first kappa shape index (κ1) is 8.50. The van der Waals surface area contributed by atoms with Crippen molar-refractivity contribution in [2.45, 2.75) is 0 Å². The molecule has 0 atom stereocenters. The lowest BCUT2D eigenvalue weighted by atomic mass is 10.1. The summed E-state index contributed by atoms with van der Waals surface area (Å²) in [5.74, 6) is -0.0549. The number of hydrogen-bond donors (Lipinski definition) is 3. The average molecular weight is 186 g/mol. The van der Waals surface area contributed by atoms with Crippen molar-refractivity contribution in [2.24, 2.45) is 5.73 Å². The molecule has 0 aliphatic carbocycles. The van der Waals surface area contributed by atoms with Crippen molar-refractivity contribution >= 4 is 22.4 Å². The fourth-order valence-electron chi connectivity index (χ4n) is 1.38. The molecule has 1 aromatic heterocycles. The van der Waals surface area contributed by atoms with Crippen molar-refractivity contribution in [1.29, 1.82) is 5.41 Å². The molecule has 0 aliphatic rings. The Morgan fingerprint density at radius 3 is 2.71 bits per heavy atom. The van der Waals surface area contributed by atoms with Crippen molar-refractivity contribution in [3.8, 4) is 0 Å². The normalized spacial score (nSPS) is 10.3. The fraction of sp³-hybridized carbons (Fsp3) is 0. The van der Waals surface area contributed by atoms with Gasteiger partial charge in [-0.2, -0.15) is 0 Å². The first-order valence-electron chi connectivity index (χ1n) is 4.18. The summed E-state index contributed by atoms with van der Waals surface area (Å²) >= 11 is 0. The molecule has 1 heterocycles. The quantitative estimate of drug-likeness (QED) is 0.460. The summed E-state index contributed by atoms with van der Waals surface area (Å²) in [5, 5.41) is 8.14. The van der Waals surface area contributed by atoms with E-state index in [1.54, 1.807) is 0 Å². The van der Waals surface area contributed by atoms with Gasteiger partial charge in [0, 0.05) is 11.6 Å². The van der Waals surface area contributed by atoms with Gasteiger partial charge in [0.1, 0.15) is 5.84 Å². The predicted molar refractivity (Wildman–Crippen MR) is 57.2 cm³/mol. The van der Waals surface area contributed by atoms with Gasteiger partial charge in [-0.15, -0.1) is 0 Å². The Labute approximate surface area is 81.1 Å². The van der Waals surface area contributed by atoms with Gasteiger partial charge < -0.3 is 11.5 Å². The van der Waals surface area contributed by atoms with E-state index in [-0.39, 0.29) is 5.84 Å². The Morgan fingerprint density at radius 2 is 2.00 bits per heavy atom. The number of amidine groups is 1. The molecular formula is C10H10N4. The lowest BCUT2D eigenvalue weighted by Gasteiger charge is -2.06. The van der Waals surface area contributed by atoms with E-state index in [1.165, 1.54) is 6.20 Å². The smallest absolute Gasteiger partial charge is 0.126 e.